The molecule has 0 radical (unpaired) electrons. The molecule has 2 aromatic rings. The van der Waals surface area contributed by atoms with Crippen LogP contribution in [0, 0.1) is 0 Å². The van der Waals surface area contributed by atoms with Crippen LogP contribution in [-0.2, 0) is 6.42 Å². The first-order chi connectivity index (χ1) is 6.74. The molecule has 0 aliphatic rings. The fourth-order valence-electron chi connectivity index (χ4n) is 1.12. The lowest BCUT2D eigenvalue weighted by atomic mass is 10.3. The van der Waals surface area contributed by atoms with E-state index in [1.807, 2.05) is 0 Å². The lowest BCUT2D eigenvalue weighted by molar-refractivity contribution is 0.415. The number of hydrogen-bond donors (Lipinski definition) is 2. The Bertz CT molecular complexity index is 405. The van der Waals surface area contributed by atoms with Crippen molar-refractivity contribution in [1.82, 2.24) is 9.97 Å². The van der Waals surface area contributed by atoms with Gasteiger partial charge in [0.05, 0.1) is 18.8 Å². The maximum absolute atomic E-state index is 9.08. The predicted molar refractivity (Wildman–Crippen MR) is 46.9 cm³/mol. The maximum atomic E-state index is 9.08. The Hall–Kier alpha value is -2.04. The largest absolute Gasteiger partial charge is 0.493 e. The van der Waals surface area contributed by atoms with Gasteiger partial charge >= 0.3 is 0 Å². The summed E-state index contributed by atoms with van der Waals surface area (Å²) in [5.74, 6) is 0.491. The summed E-state index contributed by atoms with van der Waals surface area (Å²) >= 11 is 0. The van der Waals surface area contributed by atoms with Crippen LogP contribution in [0.2, 0.25) is 0 Å². The molecule has 0 saturated carbocycles. The van der Waals surface area contributed by atoms with Gasteiger partial charge in [-0.1, -0.05) is 0 Å². The van der Waals surface area contributed by atoms with Crippen LogP contribution in [-0.4, -0.2) is 20.2 Å². The standard InChI is InChI=1S/C9H8N2O3/c12-8-5-9(13)11-7(10-8)4-6-2-1-3-14-6/h1-3,5H,4H2,(H2,10,11,12,13). The smallest absolute Gasteiger partial charge is 0.217 e. The van der Waals surface area contributed by atoms with E-state index < -0.39 is 0 Å². The molecule has 0 aromatic carbocycles. The van der Waals surface area contributed by atoms with Crippen molar-refractivity contribution in [3.05, 3.63) is 36.0 Å². The zero-order chi connectivity index (χ0) is 9.97. The van der Waals surface area contributed by atoms with Crippen LogP contribution in [0.25, 0.3) is 0 Å². The molecule has 5 heteroatoms. The fraction of sp³-hybridized carbons (Fsp3) is 0.111. The van der Waals surface area contributed by atoms with Crippen molar-refractivity contribution >= 4 is 0 Å². The Morgan fingerprint density at radius 2 is 1.93 bits per heavy atom. The fourth-order valence-corrected chi connectivity index (χ4v) is 1.12. The highest BCUT2D eigenvalue weighted by molar-refractivity contribution is 5.20. The molecule has 0 atom stereocenters. The van der Waals surface area contributed by atoms with E-state index in [-0.39, 0.29) is 11.8 Å². The van der Waals surface area contributed by atoms with Crippen molar-refractivity contribution in [3.8, 4) is 11.8 Å². The Balaban J connectivity index is 2.25. The summed E-state index contributed by atoms with van der Waals surface area (Å²) in [5, 5.41) is 18.2. The summed E-state index contributed by atoms with van der Waals surface area (Å²) in [6.45, 7) is 0. The van der Waals surface area contributed by atoms with E-state index in [1.54, 1.807) is 12.1 Å². The van der Waals surface area contributed by atoms with E-state index in [0.29, 0.717) is 18.0 Å². The van der Waals surface area contributed by atoms with Crippen LogP contribution in [0.1, 0.15) is 11.6 Å². The van der Waals surface area contributed by atoms with Crippen LogP contribution in [0.4, 0.5) is 0 Å². The Morgan fingerprint density at radius 1 is 1.21 bits per heavy atom. The second-order valence-electron chi connectivity index (χ2n) is 2.76. The molecule has 0 spiro atoms. The number of aromatic nitrogens is 2. The molecule has 0 fully saturated rings. The van der Waals surface area contributed by atoms with E-state index in [4.69, 9.17) is 14.6 Å². The van der Waals surface area contributed by atoms with Crippen molar-refractivity contribution in [2.24, 2.45) is 0 Å². The maximum Gasteiger partial charge on any atom is 0.217 e. The molecule has 0 aliphatic carbocycles. The van der Waals surface area contributed by atoms with Crippen LogP contribution in [0.3, 0.4) is 0 Å². The lowest BCUT2D eigenvalue weighted by Gasteiger charge is -1.98. The van der Waals surface area contributed by atoms with Gasteiger partial charge in [0, 0.05) is 0 Å². The van der Waals surface area contributed by atoms with Gasteiger partial charge in [-0.05, 0) is 12.1 Å². The first kappa shape index (κ1) is 8.55. The topological polar surface area (TPSA) is 79.4 Å². The molecular weight excluding hydrogens is 184 g/mol. The van der Waals surface area contributed by atoms with Gasteiger partial charge < -0.3 is 14.6 Å². The third kappa shape index (κ3) is 1.82. The van der Waals surface area contributed by atoms with Crippen molar-refractivity contribution in [3.63, 3.8) is 0 Å². The summed E-state index contributed by atoms with van der Waals surface area (Å²) < 4.78 is 5.07. The summed E-state index contributed by atoms with van der Waals surface area (Å²) in [6.07, 6.45) is 1.88. The molecule has 2 heterocycles. The van der Waals surface area contributed by atoms with Gasteiger partial charge in [0.15, 0.2) is 0 Å². The van der Waals surface area contributed by atoms with Gasteiger partial charge in [0.2, 0.25) is 11.8 Å². The Kier molecular flexibility index (Phi) is 2.06. The van der Waals surface area contributed by atoms with E-state index in [2.05, 4.69) is 9.97 Å². The highest BCUT2D eigenvalue weighted by Crippen LogP contribution is 2.14. The number of rotatable bonds is 2. The first-order valence-electron chi connectivity index (χ1n) is 4.02. The van der Waals surface area contributed by atoms with Crippen LogP contribution in [0.5, 0.6) is 11.8 Å². The van der Waals surface area contributed by atoms with Gasteiger partial charge in [0.25, 0.3) is 0 Å². The minimum Gasteiger partial charge on any atom is -0.493 e. The van der Waals surface area contributed by atoms with E-state index in [0.717, 1.165) is 6.07 Å². The summed E-state index contributed by atoms with van der Waals surface area (Å²) in [7, 11) is 0. The number of hydrogen-bond acceptors (Lipinski definition) is 5. The molecule has 0 amide bonds. The summed E-state index contributed by atoms with van der Waals surface area (Å²) in [6, 6.07) is 4.59. The van der Waals surface area contributed by atoms with Crippen molar-refractivity contribution in [2.45, 2.75) is 6.42 Å². The molecule has 5 nitrogen and oxygen atoms in total. The van der Waals surface area contributed by atoms with Crippen molar-refractivity contribution in [2.75, 3.05) is 0 Å². The molecular formula is C9H8N2O3. The second kappa shape index (κ2) is 3.37. The normalized spacial score (nSPS) is 10.3. The summed E-state index contributed by atoms with van der Waals surface area (Å²) in [4.78, 5) is 7.47. The van der Waals surface area contributed by atoms with Gasteiger partial charge in [-0.2, -0.15) is 9.97 Å². The molecule has 2 aromatic heterocycles. The molecule has 14 heavy (non-hydrogen) atoms. The van der Waals surface area contributed by atoms with Crippen LogP contribution >= 0.6 is 0 Å². The molecule has 2 rings (SSSR count). The van der Waals surface area contributed by atoms with E-state index in [9.17, 15) is 0 Å². The SMILES string of the molecule is Oc1cc(O)nc(Cc2ccco2)n1. The lowest BCUT2D eigenvalue weighted by Crippen LogP contribution is -1.94. The van der Waals surface area contributed by atoms with Gasteiger partial charge in [-0.15, -0.1) is 0 Å². The molecule has 2 N–H and O–H groups in total. The second-order valence-corrected chi connectivity index (χ2v) is 2.76. The monoisotopic (exact) mass is 192 g/mol. The van der Waals surface area contributed by atoms with Gasteiger partial charge in [-0.25, -0.2) is 0 Å². The predicted octanol–water partition coefficient (Wildman–Crippen LogP) is 1.07. The van der Waals surface area contributed by atoms with Crippen molar-refractivity contribution < 1.29 is 14.6 Å². The summed E-state index contributed by atoms with van der Waals surface area (Å²) in [5.41, 5.74) is 0. The minimum atomic E-state index is -0.251. The number of furan rings is 1. The van der Waals surface area contributed by atoms with Gasteiger partial charge in [0.1, 0.15) is 11.6 Å². The molecule has 0 unspecified atom stereocenters. The zero-order valence-electron chi connectivity index (χ0n) is 7.21. The number of aromatic hydroxyl groups is 2. The molecule has 72 valence electrons. The highest BCUT2D eigenvalue weighted by Gasteiger charge is 2.05. The van der Waals surface area contributed by atoms with E-state index in [1.165, 1.54) is 6.26 Å². The van der Waals surface area contributed by atoms with Crippen LogP contribution in [0.15, 0.2) is 28.9 Å². The molecule has 0 bridgehead atoms. The minimum absolute atomic E-state index is 0.251. The first-order valence-corrected chi connectivity index (χ1v) is 4.02. The number of nitrogens with zero attached hydrogens (tertiary/aromatic N) is 2. The van der Waals surface area contributed by atoms with Crippen molar-refractivity contribution in [1.29, 1.82) is 0 Å². The average molecular weight is 192 g/mol. The highest BCUT2D eigenvalue weighted by atomic mass is 16.3. The van der Waals surface area contributed by atoms with E-state index >= 15 is 0 Å². The zero-order valence-corrected chi connectivity index (χ0v) is 7.21. The third-order valence-electron chi connectivity index (χ3n) is 1.66. The molecule has 0 aliphatic heterocycles. The van der Waals surface area contributed by atoms with Crippen LogP contribution < -0.4 is 0 Å². The molecule has 0 saturated heterocycles. The average Bonchev–Trinajstić information content (AvgIpc) is 2.54. The third-order valence-corrected chi connectivity index (χ3v) is 1.66. The Labute approximate surface area is 79.7 Å². The van der Waals surface area contributed by atoms with Gasteiger partial charge in [-0.3, -0.25) is 0 Å². The Morgan fingerprint density at radius 3 is 2.50 bits per heavy atom. The quantitative estimate of drug-likeness (QED) is 0.744.